The number of non-ortho nitro benzene ring substituents is 1. The zero-order valence-electron chi connectivity index (χ0n) is 11.7. The van der Waals surface area contributed by atoms with Crippen LogP contribution in [0.4, 0.5) is 5.69 Å². The van der Waals surface area contributed by atoms with Crippen molar-refractivity contribution >= 4 is 5.69 Å². The van der Waals surface area contributed by atoms with E-state index in [4.69, 9.17) is 0 Å². The van der Waals surface area contributed by atoms with Crippen LogP contribution < -0.4 is 5.32 Å². The van der Waals surface area contributed by atoms with Crippen molar-refractivity contribution in [2.45, 2.75) is 25.8 Å². The largest absolute Gasteiger partial charge is 0.317 e. The van der Waals surface area contributed by atoms with Crippen molar-refractivity contribution in [3.63, 3.8) is 0 Å². The molecule has 2 fully saturated rings. The van der Waals surface area contributed by atoms with Crippen molar-refractivity contribution in [1.82, 2.24) is 10.2 Å². The highest BCUT2D eigenvalue weighted by Crippen LogP contribution is 2.39. The molecule has 1 aromatic carbocycles. The lowest BCUT2D eigenvalue weighted by atomic mass is 9.78. The fourth-order valence-corrected chi connectivity index (χ4v) is 3.51. The van der Waals surface area contributed by atoms with Crippen LogP contribution in [0.5, 0.6) is 0 Å². The average Bonchev–Trinajstić information content (AvgIpc) is 2.83. The number of nitro benzene ring substituents is 1. The standard InChI is InChI=1S/C15H21N3O2/c19-18(20)14-3-1-13(2-4-14)11-17-10-7-15(12-17)5-8-16-9-6-15/h1-4,16H,5-12H2. The van der Waals surface area contributed by atoms with Gasteiger partial charge in [-0.25, -0.2) is 0 Å². The van der Waals surface area contributed by atoms with Crippen LogP contribution in [-0.2, 0) is 6.54 Å². The van der Waals surface area contributed by atoms with Crippen LogP contribution in [0.2, 0.25) is 0 Å². The molecule has 0 unspecified atom stereocenters. The molecule has 2 heterocycles. The summed E-state index contributed by atoms with van der Waals surface area (Å²) >= 11 is 0. The highest BCUT2D eigenvalue weighted by atomic mass is 16.6. The number of piperidine rings is 1. The minimum atomic E-state index is -0.344. The Morgan fingerprint density at radius 1 is 1.20 bits per heavy atom. The van der Waals surface area contributed by atoms with Crippen LogP contribution in [0.1, 0.15) is 24.8 Å². The summed E-state index contributed by atoms with van der Waals surface area (Å²) in [6, 6.07) is 6.97. The maximum Gasteiger partial charge on any atom is 0.269 e. The molecule has 5 nitrogen and oxygen atoms in total. The van der Waals surface area contributed by atoms with Gasteiger partial charge < -0.3 is 5.32 Å². The number of hydrogen-bond donors (Lipinski definition) is 1. The average molecular weight is 275 g/mol. The Kier molecular flexibility index (Phi) is 3.72. The van der Waals surface area contributed by atoms with Crippen LogP contribution in [0.3, 0.4) is 0 Å². The first-order valence-electron chi connectivity index (χ1n) is 7.33. The van der Waals surface area contributed by atoms with Gasteiger partial charge in [0, 0.05) is 25.2 Å². The fourth-order valence-electron chi connectivity index (χ4n) is 3.51. The molecule has 3 rings (SSSR count). The SMILES string of the molecule is O=[N+]([O-])c1ccc(CN2CCC3(CCNCC3)C2)cc1. The molecule has 2 aliphatic heterocycles. The highest BCUT2D eigenvalue weighted by molar-refractivity contribution is 5.32. The molecule has 0 atom stereocenters. The van der Waals surface area contributed by atoms with E-state index in [-0.39, 0.29) is 10.6 Å². The van der Waals surface area contributed by atoms with Gasteiger partial charge in [-0.2, -0.15) is 0 Å². The number of hydrogen-bond acceptors (Lipinski definition) is 4. The molecule has 1 N–H and O–H groups in total. The highest BCUT2D eigenvalue weighted by Gasteiger charge is 2.38. The molecule has 0 aromatic heterocycles. The van der Waals surface area contributed by atoms with E-state index < -0.39 is 0 Å². The zero-order chi connectivity index (χ0) is 14.0. The molecule has 0 amide bonds. The normalized spacial score (nSPS) is 22.2. The van der Waals surface area contributed by atoms with E-state index in [0.717, 1.165) is 26.2 Å². The van der Waals surface area contributed by atoms with E-state index >= 15 is 0 Å². The van der Waals surface area contributed by atoms with E-state index in [9.17, 15) is 10.1 Å². The number of nitrogens with zero attached hydrogens (tertiary/aromatic N) is 2. The van der Waals surface area contributed by atoms with Crippen molar-refractivity contribution in [1.29, 1.82) is 0 Å². The third kappa shape index (κ3) is 2.83. The minimum absolute atomic E-state index is 0.171. The monoisotopic (exact) mass is 275 g/mol. The first-order chi connectivity index (χ1) is 9.67. The summed E-state index contributed by atoms with van der Waals surface area (Å²) in [5.74, 6) is 0. The lowest BCUT2D eigenvalue weighted by Gasteiger charge is -2.33. The molecule has 0 saturated carbocycles. The number of nitro groups is 1. The molecule has 2 aliphatic rings. The lowest BCUT2D eigenvalue weighted by molar-refractivity contribution is -0.384. The van der Waals surface area contributed by atoms with Crippen molar-refractivity contribution in [2.24, 2.45) is 5.41 Å². The fraction of sp³-hybridized carbons (Fsp3) is 0.600. The van der Waals surface area contributed by atoms with Crippen LogP contribution in [0.25, 0.3) is 0 Å². The minimum Gasteiger partial charge on any atom is -0.317 e. The Hall–Kier alpha value is -1.46. The third-order valence-corrected chi connectivity index (χ3v) is 4.73. The van der Waals surface area contributed by atoms with Crippen LogP contribution in [0, 0.1) is 15.5 Å². The molecular weight excluding hydrogens is 254 g/mol. The lowest BCUT2D eigenvalue weighted by Crippen LogP contribution is -2.38. The van der Waals surface area contributed by atoms with Gasteiger partial charge in [0.15, 0.2) is 0 Å². The van der Waals surface area contributed by atoms with Crippen LogP contribution in [-0.4, -0.2) is 36.0 Å². The van der Waals surface area contributed by atoms with Gasteiger partial charge in [0.05, 0.1) is 4.92 Å². The molecular formula is C15H21N3O2. The van der Waals surface area contributed by atoms with E-state index in [1.807, 2.05) is 12.1 Å². The quantitative estimate of drug-likeness (QED) is 0.678. The van der Waals surface area contributed by atoms with Gasteiger partial charge in [0.25, 0.3) is 5.69 Å². The van der Waals surface area contributed by atoms with Gasteiger partial charge in [-0.1, -0.05) is 12.1 Å². The molecule has 0 bridgehead atoms. The Balaban J connectivity index is 1.60. The summed E-state index contributed by atoms with van der Waals surface area (Å²) in [6.45, 7) is 5.52. The van der Waals surface area contributed by atoms with E-state index in [0.29, 0.717) is 5.41 Å². The van der Waals surface area contributed by atoms with Gasteiger partial charge in [-0.05, 0) is 49.9 Å². The number of likely N-dealkylation sites (tertiary alicyclic amines) is 1. The second kappa shape index (κ2) is 5.50. The smallest absolute Gasteiger partial charge is 0.269 e. The Bertz CT molecular complexity index is 480. The van der Waals surface area contributed by atoms with Crippen molar-refractivity contribution < 1.29 is 4.92 Å². The van der Waals surface area contributed by atoms with Crippen molar-refractivity contribution in [3.8, 4) is 0 Å². The summed E-state index contributed by atoms with van der Waals surface area (Å²) in [5.41, 5.74) is 1.86. The van der Waals surface area contributed by atoms with E-state index in [1.54, 1.807) is 12.1 Å². The second-order valence-electron chi connectivity index (χ2n) is 6.13. The van der Waals surface area contributed by atoms with Crippen LogP contribution in [0.15, 0.2) is 24.3 Å². The predicted molar refractivity (Wildman–Crippen MR) is 77.5 cm³/mol. The summed E-state index contributed by atoms with van der Waals surface area (Å²) in [5, 5.41) is 14.1. The number of nitrogens with one attached hydrogen (secondary N) is 1. The molecule has 1 aromatic rings. The Labute approximate surface area is 119 Å². The van der Waals surface area contributed by atoms with Gasteiger partial charge in [-0.15, -0.1) is 0 Å². The molecule has 1 spiro atoms. The summed E-state index contributed by atoms with van der Waals surface area (Å²) in [6.07, 6.45) is 3.86. The maximum atomic E-state index is 10.6. The van der Waals surface area contributed by atoms with Gasteiger partial charge in [0.1, 0.15) is 0 Å². The molecule has 2 saturated heterocycles. The van der Waals surface area contributed by atoms with E-state index in [2.05, 4.69) is 10.2 Å². The van der Waals surface area contributed by atoms with Crippen LogP contribution >= 0.6 is 0 Å². The summed E-state index contributed by atoms with van der Waals surface area (Å²) in [4.78, 5) is 12.8. The summed E-state index contributed by atoms with van der Waals surface area (Å²) < 4.78 is 0. The topological polar surface area (TPSA) is 58.4 Å². The van der Waals surface area contributed by atoms with Gasteiger partial charge >= 0.3 is 0 Å². The van der Waals surface area contributed by atoms with Gasteiger partial charge in [-0.3, -0.25) is 15.0 Å². The Morgan fingerprint density at radius 2 is 1.90 bits per heavy atom. The molecule has 0 radical (unpaired) electrons. The molecule has 108 valence electrons. The third-order valence-electron chi connectivity index (χ3n) is 4.73. The molecule has 20 heavy (non-hydrogen) atoms. The second-order valence-corrected chi connectivity index (χ2v) is 6.13. The zero-order valence-corrected chi connectivity index (χ0v) is 11.7. The first kappa shape index (κ1) is 13.5. The van der Waals surface area contributed by atoms with Crippen molar-refractivity contribution in [2.75, 3.05) is 26.2 Å². The van der Waals surface area contributed by atoms with Crippen molar-refractivity contribution in [3.05, 3.63) is 39.9 Å². The molecule has 5 heteroatoms. The van der Waals surface area contributed by atoms with Gasteiger partial charge in [0.2, 0.25) is 0 Å². The van der Waals surface area contributed by atoms with E-state index in [1.165, 1.54) is 31.4 Å². The molecule has 0 aliphatic carbocycles. The number of benzene rings is 1. The predicted octanol–water partition coefficient (Wildman–Crippen LogP) is 2.17. The maximum absolute atomic E-state index is 10.6. The summed E-state index contributed by atoms with van der Waals surface area (Å²) in [7, 11) is 0. The number of rotatable bonds is 3. The first-order valence-corrected chi connectivity index (χ1v) is 7.33. The Morgan fingerprint density at radius 3 is 2.55 bits per heavy atom.